The van der Waals surface area contributed by atoms with E-state index in [4.69, 9.17) is 16.3 Å². The van der Waals surface area contributed by atoms with Gasteiger partial charge in [-0.25, -0.2) is 0 Å². The zero-order valence-corrected chi connectivity index (χ0v) is 8.64. The van der Waals surface area contributed by atoms with Gasteiger partial charge in [-0.15, -0.1) is 0 Å². The van der Waals surface area contributed by atoms with Gasteiger partial charge < -0.3 is 15.9 Å². The average Bonchev–Trinajstić information content (AvgIpc) is 2.28. The molecule has 7 heteroatoms. The second-order valence-electron chi connectivity index (χ2n) is 2.88. The lowest BCUT2D eigenvalue weighted by Gasteiger charge is -2.08. The number of para-hydroxylation sites is 1. The number of rotatable bonds is 4. The molecule has 0 atom stereocenters. The van der Waals surface area contributed by atoms with Crippen LogP contribution in [-0.4, -0.2) is 12.0 Å². The van der Waals surface area contributed by atoms with Crippen molar-refractivity contribution in [1.29, 1.82) is 0 Å². The first-order valence-electron chi connectivity index (χ1n) is 4.35. The van der Waals surface area contributed by atoms with Crippen LogP contribution in [0.15, 0.2) is 24.4 Å². The second-order valence-corrected chi connectivity index (χ2v) is 2.88. The van der Waals surface area contributed by atoms with E-state index in [0.29, 0.717) is 5.56 Å². The van der Waals surface area contributed by atoms with Gasteiger partial charge >= 0.3 is 5.69 Å². The van der Waals surface area contributed by atoms with Crippen LogP contribution in [0.1, 0.15) is 5.56 Å². The first kappa shape index (κ1) is 11.8. The highest BCUT2D eigenvalue weighted by atomic mass is 16.6. The number of hydrogen-bond acceptors (Lipinski definition) is 6. The minimum absolute atomic E-state index is 0.108. The lowest BCUT2D eigenvalue weighted by atomic mass is 10.1. The SMILES string of the molecule is COc1c(/C(N)=C/NN)cccc1[N+](=O)[O-]. The maximum absolute atomic E-state index is 10.7. The molecule has 0 spiro atoms. The maximum Gasteiger partial charge on any atom is 0.311 e. The average molecular weight is 224 g/mol. The Kier molecular flexibility index (Phi) is 3.67. The van der Waals surface area contributed by atoms with Gasteiger partial charge in [0.05, 0.1) is 17.7 Å². The van der Waals surface area contributed by atoms with Crippen LogP contribution in [-0.2, 0) is 0 Å². The molecule has 7 nitrogen and oxygen atoms in total. The lowest BCUT2D eigenvalue weighted by molar-refractivity contribution is -0.385. The molecule has 1 rings (SSSR count). The molecule has 0 aliphatic rings. The van der Waals surface area contributed by atoms with Crippen LogP contribution in [0, 0.1) is 10.1 Å². The van der Waals surface area contributed by atoms with Crippen LogP contribution < -0.4 is 21.7 Å². The van der Waals surface area contributed by atoms with Crippen LogP contribution in [0.4, 0.5) is 5.69 Å². The van der Waals surface area contributed by atoms with E-state index in [9.17, 15) is 10.1 Å². The molecule has 1 aromatic carbocycles. The van der Waals surface area contributed by atoms with E-state index in [2.05, 4.69) is 5.43 Å². The van der Waals surface area contributed by atoms with Crippen molar-refractivity contribution in [1.82, 2.24) is 5.43 Å². The van der Waals surface area contributed by atoms with E-state index in [0.717, 1.165) is 0 Å². The van der Waals surface area contributed by atoms with Crippen molar-refractivity contribution < 1.29 is 9.66 Å². The third-order valence-electron chi connectivity index (χ3n) is 1.94. The molecule has 0 heterocycles. The fraction of sp³-hybridized carbons (Fsp3) is 0.111. The van der Waals surface area contributed by atoms with Crippen LogP contribution >= 0.6 is 0 Å². The van der Waals surface area contributed by atoms with Crippen molar-refractivity contribution >= 4 is 11.4 Å². The van der Waals surface area contributed by atoms with Crippen molar-refractivity contribution in [3.05, 3.63) is 40.1 Å². The van der Waals surface area contributed by atoms with E-state index in [1.165, 1.54) is 25.4 Å². The maximum atomic E-state index is 10.7. The fourth-order valence-corrected chi connectivity index (χ4v) is 1.28. The zero-order valence-electron chi connectivity index (χ0n) is 8.64. The van der Waals surface area contributed by atoms with E-state index >= 15 is 0 Å². The van der Waals surface area contributed by atoms with Crippen molar-refractivity contribution in [2.24, 2.45) is 11.6 Å². The molecule has 0 unspecified atom stereocenters. The van der Waals surface area contributed by atoms with Gasteiger partial charge in [0.2, 0.25) is 5.75 Å². The Balaban J connectivity index is 3.35. The zero-order chi connectivity index (χ0) is 12.1. The molecule has 0 aromatic heterocycles. The van der Waals surface area contributed by atoms with Gasteiger partial charge in [-0.05, 0) is 6.07 Å². The number of nitro benzene ring substituents is 1. The van der Waals surface area contributed by atoms with E-state index in [-0.39, 0.29) is 17.1 Å². The van der Waals surface area contributed by atoms with E-state index in [1.807, 2.05) is 0 Å². The number of ether oxygens (including phenoxy) is 1. The van der Waals surface area contributed by atoms with Crippen LogP contribution in [0.2, 0.25) is 0 Å². The monoisotopic (exact) mass is 224 g/mol. The standard InChI is InChI=1S/C9H12N4O3/c1-16-9-6(7(10)5-12-11)3-2-4-8(9)13(14)15/h2-5,12H,10-11H2,1H3/b7-5-. The smallest absolute Gasteiger partial charge is 0.311 e. The van der Waals surface area contributed by atoms with Gasteiger partial charge in [-0.3, -0.25) is 16.0 Å². The Morgan fingerprint density at radius 3 is 2.81 bits per heavy atom. The largest absolute Gasteiger partial charge is 0.490 e. The van der Waals surface area contributed by atoms with Crippen molar-refractivity contribution in [3.63, 3.8) is 0 Å². The van der Waals surface area contributed by atoms with Gasteiger partial charge in [0.15, 0.2) is 0 Å². The first-order valence-corrected chi connectivity index (χ1v) is 4.35. The Morgan fingerprint density at radius 1 is 1.62 bits per heavy atom. The molecule has 0 fully saturated rings. The molecule has 16 heavy (non-hydrogen) atoms. The molecule has 0 radical (unpaired) electrons. The summed E-state index contributed by atoms with van der Waals surface area (Å²) in [6.45, 7) is 0. The van der Waals surface area contributed by atoms with Gasteiger partial charge in [-0.1, -0.05) is 6.07 Å². The van der Waals surface area contributed by atoms with Gasteiger partial charge in [0.1, 0.15) is 0 Å². The van der Waals surface area contributed by atoms with Crippen LogP contribution in [0.25, 0.3) is 5.70 Å². The van der Waals surface area contributed by atoms with Crippen LogP contribution in [0.3, 0.4) is 0 Å². The van der Waals surface area contributed by atoms with Crippen molar-refractivity contribution in [2.75, 3.05) is 7.11 Å². The summed E-state index contributed by atoms with van der Waals surface area (Å²) in [4.78, 5) is 10.2. The third kappa shape index (κ3) is 2.20. The summed E-state index contributed by atoms with van der Waals surface area (Å²) >= 11 is 0. The minimum Gasteiger partial charge on any atom is -0.490 e. The minimum atomic E-state index is -0.536. The number of nitrogens with one attached hydrogen (secondary N) is 1. The Bertz CT molecular complexity index is 431. The Morgan fingerprint density at radius 2 is 2.31 bits per heavy atom. The topological polar surface area (TPSA) is 116 Å². The second kappa shape index (κ2) is 4.99. The lowest BCUT2D eigenvalue weighted by Crippen LogP contribution is -2.16. The van der Waals surface area contributed by atoms with E-state index < -0.39 is 4.92 Å². The molecule has 0 saturated carbocycles. The Hall–Kier alpha value is -2.28. The summed E-state index contributed by atoms with van der Waals surface area (Å²) in [6.07, 6.45) is 1.32. The highest BCUT2D eigenvalue weighted by molar-refractivity contribution is 5.72. The molecule has 1 aromatic rings. The third-order valence-corrected chi connectivity index (χ3v) is 1.94. The normalized spacial score (nSPS) is 11.0. The highest BCUT2D eigenvalue weighted by Gasteiger charge is 2.19. The summed E-state index contributed by atoms with van der Waals surface area (Å²) in [5.41, 5.74) is 8.44. The molecule has 0 aliphatic heterocycles. The fourth-order valence-electron chi connectivity index (χ4n) is 1.28. The summed E-state index contributed by atoms with van der Waals surface area (Å²) in [7, 11) is 1.34. The first-order chi connectivity index (χ1) is 7.61. The molecular formula is C9H12N4O3. The number of methoxy groups -OCH3 is 1. The van der Waals surface area contributed by atoms with E-state index in [1.54, 1.807) is 6.07 Å². The number of nitrogens with two attached hydrogens (primary N) is 2. The molecule has 0 bridgehead atoms. The number of nitrogens with zero attached hydrogens (tertiary/aromatic N) is 1. The predicted octanol–water partition coefficient (Wildman–Crippen LogP) is 0.324. The summed E-state index contributed by atoms with van der Waals surface area (Å²) < 4.78 is 4.97. The quantitative estimate of drug-likeness (QED) is 0.385. The number of hydrazine groups is 1. The van der Waals surface area contributed by atoms with Crippen molar-refractivity contribution in [3.8, 4) is 5.75 Å². The summed E-state index contributed by atoms with van der Waals surface area (Å²) in [6, 6.07) is 4.47. The molecule has 5 N–H and O–H groups in total. The van der Waals surface area contributed by atoms with Gasteiger partial charge in [0, 0.05) is 17.8 Å². The number of nitro groups is 1. The summed E-state index contributed by atoms with van der Waals surface area (Å²) in [5.74, 6) is 5.18. The highest BCUT2D eigenvalue weighted by Crippen LogP contribution is 2.32. The molecule has 86 valence electrons. The van der Waals surface area contributed by atoms with Gasteiger partial charge in [-0.2, -0.15) is 0 Å². The number of benzene rings is 1. The predicted molar refractivity (Wildman–Crippen MR) is 59.1 cm³/mol. The molecule has 0 amide bonds. The Labute approximate surface area is 91.8 Å². The van der Waals surface area contributed by atoms with Crippen molar-refractivity contribution in [2.45, 2.75) is 0 Å². The summed E-state index contributed by atoms with van der Waals surface area (Å²) in [5, 5.41) is 10.7. The molecule has 0 aliphatic carbocycles. The van der Waals surface area contributed by atoms with Gasteiger partial charge in [0.25, 0.3) is 0 Å². The molecular weight excluding hydrogens is 212 g/mol. The number of hydrogen-bond donors (Lipinski definition) is 3. The van der Waals surface area contributed by atoms with Crippen LogP contribution in [0.5, 0.6) is 5.75 Å². The molecule has 0 saturated heterocycles.